The summed E-state index contributed by atoms with van der Waals surface area (Å²) in [5.41, 5.74) is 0.501. The van der Waals surface area contributed by atoms with E-state index in [1.807, 2.05) is 7.11 Å². The summed E-state index contributed by atoms with van der Waals surface area (Å²) in [4.78, 5) is 2.59. The van der Waals surface area contributed by atoms with Crippen molar-refractivity contribution < 1.29 is 4.74 Å². The van der Waals surface area contributed by atoms with Gasteiger partial charge in [-0.2, -0.15) is 0 Å². The van der Waals surface area contributed by atoms with Gasteiger partial charge in [0.1, 0.15) is 0 Å². The molecule has 0 radical (unpaired) electrons. The fourth-order valence-electron chi connectivity index (χ4n) is 3.32. The fourth-order valence-corrected chi connectivity index (χ4v) is 3.32. The average Bonchev–Trinajstić information content (AvgIpc) is 3.17. The number of nitrogens with zero attached hydrogens (tertiary/aromatic N) is 1. The molecule has 0 saturated heterocycles. The Morgan fingerprint density at radius 1 is 1.06 bits per heavy atom. The normalized spacial score (nSPS) is 21.8. The van der Waals surface area contributed by atoms with E-state index in [-0.39, 0.29) is 0 Å². The van der Waals surface area contributed by atoms with Crippen LogP contribution in [0.4, 0.5) is 0 Å². The van der Waals surface area contributed by atoms with Crippen molar-refractivity contribution >= 4 is 0 Å². The molecule has 2 aliphatic carbocycles. The first-order chi connectivity index (χ1) is 7.76. The summed E-state index contributed by atoms with van der Waals surface area (Å²) in [6.45, 7) is 9.17. The van der Waals surface area contributed by atoms with Crippen molar-refractivity contribution in [1.82, 2.24) is 4.90 Å². The predicted octanol–water partition coefficient (Wildman–Crippen LogP) is 2.78. The zero-order chi connectivity index (χ0) is 11.6. The summed E-state index contributed by atoms with van der Waals surface area (Å²) in [5, 5.41) is 0. The summed E-state index contributed by atoms with van der Waals surface area (Å²) >= 11 is 0. The molecule has 0 N–H and O–H groups in total. The van der Waals surface area contributed by atoms with Crippen molar-refractivity contribution in [2.24, 2.45) is 17.3 Å². The Kier molecular flexibility index (Phi) is 3.91. The van der Waals surface area contributed by atoms with Gasteiger partial charge in [-0.3, -0.25) is 0 Å². The molecule has 0 unspecified atom stereocenters. The van der Waals surface area contributed by atoms with E-state index in [0.717, 1.165) is 18.4 Å². The Balaban J connectivity index is 2.05. The first-order valence-corrected chi connectivity index (χ1v) is 6.98. The maximum absolute atomic E-state index is 5.57. The molecule has 0 atom stereocenters. The Labute approximate surface area is 100 Å². The SMILES string of the molecule is CCN(CC)CC(COC)(C1CC1)C1CC1. The van der Waals surface area contributed by atoms with Gasteiger partial charge < -0.3 is 9.64 Å². The topological polar surface area (TPSA) is 12.5 Å². The van der Waals surface area contributed by atoms with E-state index in [1.165, 1.54) is 45.3 Å². The van der Waals surface area contributed by atoms with Crippen LogP contribution in [0.2, 0.25) is 0 Å². The van der Waals surface area contributed by atoms with Gasteiger partial charge in [-0.15, -0.1) is 0 Å². The third-order valence-corrected chi connectivity index (χ3v) is 4.61. The van der Waals surface area contributed by atoms with Crippen LogP contribution in [0.15, 0.2) is 0 Å². The van der Waals surface area contributed by atoms with Crippen LogP contribution in [0.25, 0.3) is 0 Å². The second-order valence-electron chi connectivity index (χ2n) is 5.68. The molecule has 0 aromatic carbocycles. The molecule has 2 rings (SSSR count). The van der Waals surface area contributed by atoms with E-state index in [0.29, 0.717) is 5.41 Å². The number of hydrogen-bond acceptors (Lipinski definition) is 2. The highest BCUT2D eigenvalue weighted by Crippen LogP contribution is 2.58. The van der Waals surface area contributed by atoms with Crippen LogP contribution in [-0.2, 0) is 4.74 Å². The summed E-state index contributed by atoms with van der Waals surface area (Å²) in [7, 11) is 1.88. The molecule has 2 fully saturated rings. The summed E-state index contributed by atoms with van der Waals surface area (Å²) in [6.07, 6.45) is 5.78. The molecule has 2 nitrogen and oxygen atoms in total. The Hall–Kier alpha value is -0.0800. The molecule has 0 aliphatic heterocycles. The molecule has 16 heavy (non-hydrogen) atoms. The van der Waals surface area contributed by atoms with Crippen molar-refractivity contribution in [3.63, 3.8) is 0 Å². The number of methoxy groups -OCH3 is 1. The molecule has 0 bridgehead atoms. The van der Waals surface area contributed by atoms with Crippen molar-refractivity contribution in [1.29, 1.82) is 0 Å². The summed E-state index contributed by atoms with van der Waals surface area (Å²) < 4.78 is 5.57. The highest BCUT2D eigenvalue weighted by atomic mass is 16.5. The zero-order valence-corrected chi connectivity index (χ0v) is 11.2. The van der Waals surface area contributed by atoms with E-state index >= 15 is 0 Å². The Morgan fingerprint density at radius 2 is 1.56 bits per heavy atom. The molecule has 0 spiro atoms. The smallest absolute Gasteiger partial charge is 0.0536 e. The van der Waals surface area contributed by atoms with Crippen LogP contribution in [0, 0.1) is 17.3 Å². The average molecular weight is 225 g/mol. The van der Waals surface area contributed by atoms with Gasteiger partial charge in [0.15, 0.2) is 0 Å². The number of hydrogen-bond donors (Lipinski definition) is 0. The molecule has 0 aromatic heterocycles. The van der Waals surface area contributed by atoms with Gasteiger partial charge in [0.05, 0.1) is 6.61 Å². The van der Waals surface area contributed by atoms with Crippen LogP contribution in [-0.4, -0.2) is 38.3 Å². The van der Waals surface area contributed by atoms with Crippen molar-refractivity contribution in [3.8, 4) is 0 Å². The minimum Gasteiger partial charge on any atom is -0.384 e. The van der Waals surface area contributed by atoms with Gasteiger partial charge in [0.25, 0.3) is 0 Å². The van der Waals surface area contributed by atoms with Gasteiger partial charge in [-0.1, -0.05) is 13.8 Å². The highest BCUT2D eigenvalue weighted by Gasteiger charge is 2.54. The Bertz CT molecular complexity index is 205. The summed E-state index contributed by atoms with van der Waals surface area (Å²) in [5.74, 6) is 1.92. The van der Waals surface area contributed by atoms with Crippen molar-refractivity contribution in [2.45, 2.75) is 39.5 Å². The van der Waals surface area contributed by atoms with Gasteiger partial charge >= 0.3 is 0 Å². The van der Waals surface area contributed by atoms with Gasteiger partial charge in [-0.05, 0) is 50.6 Å². The van der Waals surface area contributed by atoms with E-state index in [9.17, 15) is 0 Å². The van der Waals surface area contributed by atoms with Crippen LogP contribution in [0.1, 0.15) is 39.5 Å². The Morgan fingerprint density at radius 3 is 1.88 bits per heavy atom. The van der Waals surface area contributed by atoms with Crippen LogP contribution in [0.5, 0.6) is 0 Å². The molecule has 0 aromatic rings. The number of rotatable bonds is 8. The maximum Gasteiger partial charge on any atom is 0.0536 e. The highest BCUT2D eigenvalue weighted by molar-refractivity contribution is 5.04. The third-order valence-electron chi connectivity index (χ3n) is 4.61. The number of ether oxygens (including phenoxy) is 1. The predicted molar refractivity (Wildman–Crippen MR) is 67.5 cm³/mol. The molecule has 94 valence electrons. The molecule has 2 heteroatoms. The quantitative estimate of drug-likeness (QED) is 0.630. The minimum absolute atomic E-state index is 0.501. The lowest BCUT2D eigenvalue weighted by Crippen LogP contribution is -2.44. The second kappa shape index (κ2) is 5.05. The van der Waals surface area contributed by atoms with Gasteiger partial charge in [0.2, 0.25) is 0 Å². The van der Waals surface area contributed by atoms with E-state index in [1.54, 1.807) is 0 Å². The maximum atomic E-state index is 5.57. The van der Waals surface area contributed by atoms with E-state index in [2.05, 4.69) is 18.7 Å². The molecule has 2 saturated carbocycles. The molecular weight excluding hydrogens is 198 g/mol. The minimum atomic E-state index is 0.501. The van der Waals surface area contributed by atoms with Crippen LogP contribution >= 0.6 is 0 Å². The summed E-state index contributed by atoms with van der Waals surface area (Å²) in [6, 6.07) is 0. The third kappa shape index (κ3) is 2.43. The molecule has 2 aliphatic rings. The second-order valence-corrected chi connectivity index (χ2v) is 5.68. The van der Waals surface area contributed by atoms with Crippen molar-refractivity contribution in [2.75, 3.05) is 33.4 Å². The van der Waals surface area contributed by atoms with E-state index in [4.69, 9.17) is 4.74 Å². The first kappa shape index (κ1) is 12.4. The lowest BCUT2D eigenvalue weighted by Gasteiger charge is -2.38. The van der Waals surface area contributed by atoms with Crippen LogP contribution < -0.4 is 0 Å². The lowest BCUT2D eigenvalue weighted by atomic mass is 9.77. The van der Waals surface area contributed by atoms with Gasteiger partial charge in [-0.25, -0.2) is 0 Å². The standard InChI is InChI=1S/C14H27NO/c1-4-15(5-2)10-14(11-16-3,12-6-7-12)13-8-9-13/h12-13H,4-11H2,1-3H3. The monoisotopic (exact) mass is 225 g/mol. The molecule has 0 amide bonds. The first-order valence-electron chi connectivity index (χ1n) is 6.98. The molecular formula is C14H27NO. The van der Waals surface area contributed by atoms with Crippen LogP contribution in [0.3, 0.4) is 0 Å². The zero-order valence-electron chi connectivity index (χ0n) is 11.2. The van der Waals surface area contributed by atoms with Gasteiger partial charge in [0, 0.05) is 19.1 Å². The van der Waals surface area contributed by atoms with Crippen molar-refractivity contribution in [3.05, 3.63) is 0 Å². The largest absolute Gasteiger partial charge is 0.384 e. The molecule has 0 heterocycles. The lowest BCUT2D eigenvalue weighted by molar-refractivity contribution is 0.0136. The van der Waals surface area contributed by atoms with E-state index < -0.39 is 0 Å². The fraction of sp³-hybridized carbons (Fsp3) is 1.00.